The largest absolute Gasteiger partial charge is 0.481 e. The summed E-state index contributed by atoms with van der Waals surface area (Å²) in [6.07, 6.45) is 1.47. The highest BCUT2D eigenvalue weighted by Gasteiger charge is 2.09. The molecule has 1 N–H and O–H groups in total. The summed E-state index contributed by atoms with van der Waals surface area (Å²) in [5.74, 6) is -0.766. The fourth-order valence-electron chi connectivity index (χ4n) is 2.00. The van der Waals surface area contributed by atoms with Gasteiger partial charge in [-0.2, -0.15) is 0 Å². The number of benzene rings is 2. The van der Waals surface area contributed by atoms with Crippen LogP contribution in [0.3, 0.4) is 0 Å². The van der Waals surface area contributed by atoms with Crippen molar-refractivity contribution in [1.82, 2.24) is 0 Å². The van der Waals surface area contributed by atoms with E-state index < -0.39 is 5.97 Å². The first-order chi connectivity index (χ1) is 8.66. The van der Waals surface area contributed by atoms with Crippen LogP contribution in [0.25, 0.3) is 10.8 Å². The van der Waals surface area contributed by atoms with Crippen LogP contribution in [0.4, 0.5) is 0 Å². The Morgan fingerprint density at radius 3 is 2.61 bits per heavy atom. The molecule has 18 heavy (non-hydrogen) atoms. The lowest BCUT2D eigenvalue weighted by molar-refractivity contribution is -0.137. The molecule has 2 aromatic carbocycles. The average molecular weight is 263 g/mol. The molecule has 0 heterocycles. The van der Waals surface area contributed by atoms with Crippen LogP contribution >= 0.6 is 11.6 Å². The van der Waals surface area contributed by atoms with Crippen molar-refractivity contribution in [2.75, 3.05) is 0 Å². The van der Waals surface area contributed by atoms with Gasteiger partial charge in [0, 0.05) is 6.42 Å². The molecule has 0 amide bonds. The third-order valence-corrected chi connectivity index (χ3v) is 3.45. The number of halogens is 1. The van der Waals surface area contributed by atoms with Gasteiger partial charge >= 0.3 is 5.97 Å². The maximum Gasteiger partial charge on any atom is 0.303 e. The number of fused-ring (bicyclic) bond motifs is 1. The van der Waals surface area contributed by atoms with Crippen molar-refractivity contribution >= 4 is 28.3 Å². The number of carbonyl (C=O) groups is 1. The highest BCUT2D eigenvalue weighted by Crippen LogP contribution is 2.28. The van der Waals surface area contributed by atoms with E-state index >= 15 is 0 Å². The summed E-state index contributed by atoms with van der Waals surface area (Å²) in [7, 11) is 0. The highest BCUT2D eigenvalue weighted by atomic mass is 35.5. The number of hydrogen-bond acceptors (Lipinski definition) is 1. The highest BCUT2D eigenvalue weighted by molar-refractivity contribution is 6.20. The Balaban J connectivity index is 2.08. The zero-order chi connectivity index (χ0) is 13.0. The summed E-state index contributed by atoms with van der Waals surface area (Å²) >= 11 is 6.30. The SMILES string of the molecule is O=C(O)CCCC(Cl)c1ccc2ccccc2c1. The van der Waals surface area contributed by atoms with E-state index in [0.29, 0.717) is 12.8 Å². The van der Waals surface area contributed by atoms with Crippen LogP contribution in [0.5, 0.6) is 0 Å². The van der Waals surface area contributed by atoms with E-state index in [2.05, 4.69) is 24.3 Å². The van der Waals surface area contributed by atoms with Crippen LogP contribution in [0.15, 0.2) is 42.5 Å². The summed E-state index contributed by atoms with van der Waals surface area (Å²) < 4.78 is 0. The van der Waals surface area contributed by atoms with E-state index in [9.17, 15) is 4.79 Å². The quantitative estimate of drug-likeness (QED) is 0.812. The van der Waals surface area contributed by atoms with Crippen LogP contribution in [0.2, 0.25) is 0 Å². The molecule has 0 aromatic heterocycles. The molecular formula is C15H15ClO2. The van der Waals surface area contributed by atoms with Crippen molar-refractivity contribution < 1.29 is 9.90 Å². The number of aliphatic carboxylic acids is 1. The molecule has 2 nitrogen and oxygen atoms in total. The molecule has 0 saturated heterocycles. The molecule has 1 atom stereocenters. The van der Waals surface area contributed by atoms with Gasteiger partial charge in [-0.25, -0.2) is 0 Å². The third kappa shape index (κ3) is 3.23. The van der Waals surface area contributed by atoms with E-state index in [-0.39, 0.29) is 11.8 Å². The second-order valence-electron chi connectivity index (χ2n) is 4.36. The molecule has 0 aliphatic rings. The summed E-state index contributed by atoms with van der Waals surface area (Å²) in [5, 5.41) is 10.8. The molecule has 2 aromatic rings. The Hall–Kier alpha value is -1.54. The lowest BCUT2D eigenvalue weighted by Crippen LogP contribution is -1.96. The van der Waals surface area contributed by atoms with Crippen LogP contribution in [-0.4, -0.2) is 11.1 Å². The van der Waals surface area contributed by atoms with Crippen molar-refractivity contribution in [2.24, 2.45) is 0 Å². The van der Waals surface area contributed by atoms with E-state index in [1.165, 1.54) is 10.8 Å². The zero-order valence-corrected chi connectivity index (χ0v) is 10.7. The smallest absolute Gasteiger partial charge is 0.303 e. The van der Waals surface area contributed by atoms with Gasteiger partial charge in [-0.05, 0) is 35.2 Å². The predicted molar refractivity (Wildman–Crippen MR) is 74.0 cm³/mol. The molecule has 0 aliphatic carbocycles. The van der Waals surface area contributed by atoms with Crippen molar-refractivity contribution in [3.63, 3.8) is 0 Å². The molecule has 0 aliphatic heterocycles. The van der Waals surface area contributed by atoms with Gasteiger partial charge in [0.15, 0.2) is 0 Å². The Kier molecular flexibility index (Phi) is 4.21. The first-order valence-electron chi connectivity index (χ1n) is 6.01. The number of alkyl halides is 1. The van der Waals surface area contributed by atoms with Crippen LogP contribution in [-0.2, 0) is 4.79 Å². The monoisotopic (exact) mass is 262 g/mol. The summed E-state index contributed by atoms with van der Waals surface area (Å²) in [6.45, 7) is 0. The fraction of sp³-hybridized carbons (Fsp3) is 0.267. The number of carboxylic acids is 1. The third-order valence-electron chi connectivity index (χ3n) is 2.98. The van der Waals surface area contributed by atoms with Gasteiger partial charge in [-0.1, -0.05) is 36.4 Å². The molecule has 0 bridgehead atoms. The number of rotatable bonds is 5. The van der Waals surface area contributed by atoms with E-state index in [1.54, 1.807) is 0 Å². The van der Waals surface area contributed by atoms with Crippen LogP contribution in [0, 0.1) is 0 Å². The van der Waals surface area contributed by atoms with Gasteiger partial charge in [0.25, 0.3) is 0 Å². The van der Waals surface area contributed by atoms with Gasteiger partial charge in [0.2, 0.25) is 0 Å². The Morgan fingerprint density at radius 2 is 1.89 bits per heavy atom. The number of hydrogen-bond donors (Lipinski definition) is 1. The molecule has 0 spiro atoms. The Labute approximate surface area is 111 Å². The minimum atomic E-state index is -0.766. The van der Waals surface area contributed by atoms with Crippen molar-refractivity contribution in [1.29, 1.82) is 0 Å². The first kappa shape index (κ1) is 12.9. The minimum absolute atomic E-state index is 0.117. The number of carboxylic acid groups (broad SMARTS) is 1. The average Bonchev–Trinajstić information content (AvgIpc) is 2.37. The minimum Gasteiger partial charge on any atom is -0.481 e. The first-order valence-corrected chi connectivity index (χ1v) is 6.45. The van der Waals surface area contributed by atoms with Crippen molar-refractivity contribution in [3.05, 3.63) is 48.0 Å². The maximum atomic E-state index is 10.4. The van der Waals surface area contributed by atoms with E-state index in [0.717, 1.165) is 5.56 Å². The second kappa shape index (κ2) is 5.87. The van der Waals surface area contributed by atoms with E-state index in [4.69, 9.17) is 16.7 Å². The summed E-state index contributed by atoms with van der Waals surface area (Å²) in [4.78, 5) is 10.4. The molecule has 3 heteroatoms. The Bertz CT molecular complexity index is 551. The van der Waals surface area contributed by atoms with Gasteiger partial charge in [-0.3, -0.25) is 4.79 Å². The lowest BCUT2D eigenvalue weighted by atomic mass is 10.0. The molecule has 2 rings (SSSR count). The Morgan fingerprint density at radius 1 is 1.17 bits per heavy atom. The molecule has 0 saturated carbocycles. The van der Waals surface area contributed by atoms with Crippen molar-refractivity contribution in [3.8, 4) is 0 Å². The predicted octanol–water partition coefficient (Wildman–Crippen LogP) is 4.37. The summed E-state index contributed by atoms with van der Waals surface area (Å²) in [6, 6.07) is 14.3. The molecule has 0 fully saturated rings. The fourth-order valence-corrected chi connectivity index (χ4v) is 2.29. The molecule has 94 valence electrons. The normalized spacial score (nSPS) is 12.5. The van der Waals surface area contributed by atoms with Gasteiger partial charge in [-0.15, -0.1) is 11.6 Å². The molecular weight excluding hydrogens is 248 g/mol. The van der Waals surface area contributed by atoms with E-state index in [1.807, 2.05) is 18.2 Å². The van der Waals surface area contributed by atoms with Gasteiger partial charge in [0.1, 0.15) is 0 Å². The van der Waals surface area contributed by atoms with Gasteiger partial charge < -0.3 is 5.11 Å². The van der Waals surface area contributed by atoms with Crippen LogP contribution in [0.1, 0.15) is 30.2 Å². The van der Waals surface area contributed by atoms with Crippen LogP contribution < -0.4 is 0 Å². The van der Waals surface area contributed by atoms with Crippen molar-refractivity contribution in [2.45, 2.75) is 24.6 Å². The maximum absolute atomic E-state index is 10.4. The molecule has 0 radical (unpaired) electrons. The zero-order valence-electron chi connectivity index (χ0n) is 9.97. The van der Waals surface area contributed by atoms with Gasteiger partial charge in [0.05, 0.1) is 5.38 Å². The topological polar surface area (TPSA) is 37.3 Å². The standard InChI is InChI=1S/C15H15ClO2/c16-14(6-3-7-15(17)18)13-9-8-11-4-1-2-5-12(11)10-13/h1-2,4-5,8-10,14H,3,6-7H2,(H,17,18). The second-order valence-corrected chi connectivity index (χ2v) is 4.89. The summed E-state index contributed by atoms with van der Waals surface area (Å²) in [5.41, 5.74) is 1.06. The lowest BCUT2D eigenvalue weighted by Gasteiger charge is -2.10. The molecule has 1 unspecified atom stereocenters.